The normalized spacial score (nSPS) is 24.9. The molecule has 1 aliphatic heterocycles. The summed E-state index contributed by atoms with van der Waals surface area (Å²) in [6, 6.07) is 7.66. The number of anilines is 1. The van der Waals surface area contributed by atoms with Crippen LogP contribution in [0.3, 0.4) is 0 Å². The average Bonchev–Trinajstić information content (AvgIpc) is 3.00. The van der Waals surface area contributed by atoms with Gasteiger partial charge in [-0.15, -0.1) is 0 Å². The molecule has 1 heterocycles. The monoisotopic (exact) mass is 336 g/mol. The molecule has 2 bridgehead atoms. The minimum Gasteiger partial charge on any atom is -0.367 e. The molecule has 1 saturated heterocycles. The van der Waals surface area contributed by atoms with Gasteiger partial charge >= 0.3 is 0 Å². The van der Waals surface area contributed by atoms with Gasteiger partial charge in [0.15, 0.2) is 0 Å². The summed E-state index contributed by atoms with van der Waals surface area (Å²) in [5.41, 5.74) is 2.76. The highest BCUT2D eigenvalue weighted by Gasteiger charge is 2.38. The van der Waals surface area contributed by atoms with Gasteiger partial charge in [-0.3, -0.25) is 0 Å². The number of benzene rings is 1. The molecule has 2 atom stereocenters. The summed E-state index contributed by atoms with van der Waals surface area (Å²) in [6.07, 6.45) is 4.23. The molecular formula is C17H25BrN2. The summed E-state index contributed by atoms with van der Waals surface area (Å²) in [5.74, 6) is 1.65. The third-order valence-electron chi connectivity index (χ3n) is 4.61. The number of piperidine rings is 1. The van der Waals surface area contributed by atoms with Crippen LogP contribution in [0.4, 0.5) is 5.69 Å². The van der Waals surface area contributed by atoms with E-state index < -0.39 is 0 Å². The van der Waals surface area contributed by atoms with Crippen molar-refractivity contribution in [1.82, 2.24) is 5.32 Å². The Kier molecular flexibility index (Phi) is 4.37. The van der Waals surface area contributed by atoms with Crippen LogP contribution in [-0.4, -0.2) is 19.1 Å². The van der Waals surface area contributed by atoms with Gasteiger partial charge in [0.05, 0.1) is 5.69 Å². The van der Waals surface area contributed by atoms with E-state index in [-0.39, 0.29) is 0 Å². The van der Waals surface area contributed by atoms with Gasteiger partial charge in [-0.1, -0.05) is 19.9 Å². The third-order valence-corrected chi connectivity index (χ3v) is 5.25. The minimum absolute atomic E-state index is 0.706. The van der Waals surface area contributed by atoms with E-state index in [1.807, 2.05) is 0 Å². The molecule has 3 rings (SSSR count). The second kappa shape index (κ2) is 6.07. The molecular weight excluding hydrogens is 312 g/mol. The van der Waals surface area contributed by atoms with Gasteiger partial charge in [0.2, 0.25) is 0 Å². The van der Waals surface area contributed by atoms with Crippen molar-refractivity contribution in [1.29, 1.82) is 0 Å². The van der Waals surface area contributed by atoms with E-state index in [4.69, 9.17) is 0 Å². The molecule has 3 heteroatoms. The largest absolute Gasteiger partial charge is 0.367 e. The Morgan fingerprint density at radius 3 is 2.80 bits per heavy atom. The van der Waals surface area contributed by atoms with E-state index in [1.165, 1.54) is 41.5 Å². The first-order valence-corrected chi connectivity index (χ1v) is 8.68. The zero-order chi connectivity index (χ0) is 14.1. The van der Waals surface area contributed by atoms with Gasteiger partial charge in [0.1, 0.15) is 0 Å². The molecule has 1 aromatic carbocycles. The quantitative estimate of drug-likeness (QED) is 0.867. The maximum absolute atomic E-state index is 3.78. The zero-order valence-electron chi connectivity index (χ0n) is 12.5. The standard InChI is InChI=1S/C17H25BrN2/c1-12(2)9-19-10-13-4-6-17(16(18)8-13)20-11-14-3-5-15(20)7-14/h4,6,8,12,14-15,19H,3,5,7,9-11H2,1-2H3. The fourth-order valence-corrected chi connectivity index (χ4v) is 4.27. The molecule has 1 saturated carbocycles. The molecule has 2 nitrogen and oxygen atoms in total. The molecule has 0 amide bonds. The molecule has 110 valence electrons. The second-order valence-corrected chi connectivity index (χ2v) is 7.65. The minimum atomic E-state index is 0.706. The summed E-state index contributed by atoms with van der Waals surface area (Å²) in [7, 11) is 0. The van der Waals surface area contributed by atoms with Gasteiger partial charge in [0.25, 0.3) is 0 Å². The molecule has 0 spiro atoms. The van der Waals surface area contributed by atoms with Crippen molar-refractivity contribution in [2.45, 2.75) is 45.7 Å². The summed E-state index contributed by atoms with van der Waals surface area (Å²) >= 11 is 3.78. The lowest BCUT2D eigenvalue weighted by atomic mass is 10.1. The Hall–Kier alpha value is -0.540. The summed E-state index contributed by atoms with van der Waals surface area (Å²) in [4.78, 5) is 2.61. The van der Waals surface area contributed by atoms with Crippen LogP contribution in [0.2, 0.25) is 0 Å². The van der Waals surface area contributed by atoms with Crippen LogP contribution in [0.1, 0.15) is 38.7 Å². The predicted octanol–water partition coefficient (Wildman–Crippen LogP) is 4.18. The highest BCUT2D eigenvalue weighted by Crippen LogP contribution is 2.42. The molecule has 0 aromatic heterocycles. The van der Waals surface area contributed by atoms with E-state index >= 15 is 0 Å². The molecule has 0 radical (unpaired) electrons. The lowest BCUT2D eigenvalue weighted by Crippen LogP contribution is -2.32. The van der Waals surface area contributed by atoms with Crippen molar-refractivity contribution in [3.05, 3.63) is 28.2 Å². The number of rotatable bonds is 5. The zero-order valence-corrected chi connectivity index (χ0v) is 14.1. The summed E-state index contributed by atoms with van der Waals surface area (Å²) in [6.45, 7) is 7.79. The summed E-state index contributed by atoms with van der Waals surface area (Å²) < 4.78 is 1.26. The van der Waals surface area contributed by atoms with Crippen molar-refractivity contribution in [2.24, 2.45) is 11.8 Å². The van der Waals surface area contributed by atoms with E-state index in [0.717, 1.165) is 25.0 Å². The van der Waals surface area contributed by atoms with Crippen LogP contribution >= 0.6 is 15.9 Å². The van der Waals surface area contributed by atoms with E-state index in [2.05, 4.69) is 58.2 Å². The van der Waals surface area contributed by atoms with Gasteiger partial charge in [-0.25, -0.2) is 0 Å². The summed E-state index contributed by atoms with van der Waals surface area (Å²) in [5, 5.41) is 3.51. The maximum atomic E-state index is 3.78. The van der Waals surface area contributed by atoms with Gasteiger partial charge in [-0.2, -0.15) is 0 Å². The van der Waals surface area contributed by atoms with Gasteiger partial charge in [-0.05, 0) is 71.3 Å². The van der Waals surface area contributed by atoms with Crippen molar-refractivity contribution in [3.63, 3.8) is 0 Å². The van der Waals surface area contributed by atoms with Crippen LogP contribution in [0.25, 0.3) is 0 Å². The molecule has 2 fully saturated rings. The highest BCUT2D eigenvalue weighted by molar-refractivity contribution is 9.10. The lowest BCUT2D eigenvalue weighted by molar-refractivity contribution is 0.550. The first kappa shape index (κ1) is 14.4. The molecule has 2 unspecified atom stereocenters. The molecule has 2 aliphatic rings. The number of halogens is 1. The van der Waals surface area contributed by atoms with Crippen LogP contribution in [0.15, 0.2) is 22.7 Å². The second-order valence-electron chi connectivity index (χ2n) is 6.80. The van der Waals surface area contributed by atoms with E-state index in [9.17, 15) is 0 Å². The fraction of sp³-hybridized carbons (Fsp3) is 0.647. The van der Waals surface area contributed by atoms with Crippen LogP contribution in [0, 0.1) is 11.8 Å². The smallest absolute Gasteiger partial charge is 0.0513 e. The molecule has 20 heavy (non-hydrogen) atoms. The van der Waals surface area contributed by atoms with Crippen molar-refractivity contribution < 1.29 is 0 Å². The third kappa shape index (κ3) is 3.04. The Bertz CT molecular complexity index is 472. The molecule has 1 aromatic rings. The number of nitrogens with one attached hydrogen (secondary N) is 1. The Morgan fingerprint density at radius 1 is 1.35 bits per heavy atom. The number of nitrogens with zero attached hydrogens (tertiary/aromatic N) is 1. The van der Waals surface area contributed by atoms with Crippen LogP contribution < -0.4 is 10.2 Å². The Labute approximate surface area is 131 Å². The average molecular weight is 337 g/mol. The van der Waals surface area contributed by atoms with E-state index in [0.29, 0.717) is 5.92 Å². The van der Waals surface area contributed by atoms with Crippen molar-refractivity contribution >= 4 is 21.6 Å². The maximum Gasteiger partial charge on any atom is 0.0513 e. The van der Waals surface area contributed by atoms with Crippen LogP contribution in [-0.2, 0) is 6.54 Å². The van der Waals surface area contributed by atoms with E-state index in [1.54, 1.807) is 0 Å². The number of fused-ring (bicyclic) bond motifs is 2. The number of hydrogen-bond acceptors (Lipinski definition) is 2. The predicted molar refractivity (Wildman–Crippen MR) is 89.2 cm³/mol. The SMILES string of the molecule is CC(C)CNCc1ccc(N2CC3CCC2C3)c(Br)c1. The van der Waals surface area contributed by atoms with Gasteiger partial charge < -0.3 is 10.2 Å². The topological polar surface area (TPSA) is 15.3 Å². The first-order valence-electron chi connectivity index (χ1n) is 7.89. The van der Waals surface area contributed by atoms with Crippen molar-refractivity contribution in [2.75, 3.05) is 18.0 Å². The first-order chi connectivity index (χ1) is 9.63. The lowest BCUT2D eigenvalue weighted by Gasteiger charge is -2.30. The van der Waals surface area contributed by atoms with Crippen LogP contribution in [0.5, 0.6) is 0 Å². The Morgan fingerprint density at radius 2 is 2.20 bits per heavy atom. The fourth-order valence-electron chi connectivity index (χ4n) is 3.62. The number of hydrogen-bond donors (Lipinski definition) is 1. The van der Waals surface area contributed by atoms with Crippen molar-refractivity contribution in [3.8, 4) is 0 Å². The highest BCUT2D eigenvalue weighted by atomic mass is 79.9. The molecule has 1 N–H and O–H groups in total. The Balaban J connectivity index is 1.65. The molecule has 1 aliphatic carbocycles. The van der Waals surface area contributed by atoms with Gasteiger partial charge in [0, 0.05) is 23.6 Å².